The number of aromatic amines is 1. The number of fused-ring (bicyclic) bond motifs is 1. The van der Waals surface area contributed by atoms with Crippen LogP contribution in [0.15, 0.2) is 12.7 Å². The van der Waals surface area contributed by atoms with E-state index in [1.165, 1.54) is 0 Å². The van der Waals surface area contributed by atoms with E-state index in [0.717, 1.165) is 21.1 Å². The second-order valence-electron chi connectivity index (χ2n) is 2.21. The quantitative estimate of drug-likeness (QED) is 0.741. The van der Waals surface area contributed by atoms with E-state index in [9.17, 15) is 0 Å². The zero-order chi connectivity index (χ0) is 8.39. The van der Waals surface area contributed by atoms with Gasteiger partial charge in [-0.3, -0.25) is 0 Å². The molecule has 2 heterocycles. The topological polar surface area (TPSA) is 54.5 Å². The third kappa shape index (κ3) is 1.21. The summed E-state index contributed by atoms with van der Waals surface area (Å²) >= 11 is 0.438. The van der Waals surface area contributed by atoms with Crippen LogP contribution in [0.1, 0.15) is 6.92 Å². The Morgan fingerprint density at radius 3 is 3.17 bits per heavy atom. The van der Waals surface area contributed by atoms with Gasteiger partial charge in [-0.25, -0.2) is 0 Å². The number of rotatable bonds is 2. The number of hydrogen-bond donors (Lipinski definition) is 1. The summed E-state index contributed by atoms with van der Waals surface area (Å²) in [7, 11) is 0. The predicted octanol–water partition coefficient (Wildman–Crippen LogP) is 0.121. The average molecular weight is 227 g/mol. The molecule has 2 aromatic rings. The Kier molecular flexibility index (Phi) is 2.06. The van der Waals surface area contributed by atoms with Gasteiger partial charge in [0.2, 0.25) is 0 Å². The van der Waals surface area contributed by atoms with Crippen molar-refractivity contribution in [3.63, 3.8) is 0 Å². The van der Waals surface area contributed by atoms with Crippen molar-refractivity contribution in [2.24, 2.45) is 0 Å². The van der Waals surface area contributed by atoms with Crippen LogP contribution >= 0.6 is 0 Å². The summed E-state index contributed by atoms with van der Waals surface area (Å²) in [5, 5.41) is 1.15. The molecule has 0 aliphatic carbocycles. The fraction of sp³-hybridized carbons (Fsp3) is 0.286. The SMILES string of the molecule is CC[Se]c1ncnc2nc[nH]c12. The summed E-state index contributed by atoms with van der Waals surface area (Å²) in [5.41, 5.74) is 1.77. The molecule has 0 fully saturated rings. The molecule has 0 saturated heterocycles. The molecular formula is C7H8N4Se. The molecule has 0 radical (unpaired) electrons. The first-order valence-corrected chi connectivity index (χ1v) is 5.75. The summed E-state index contributed by atoms with van der Waals surface area (Å²) < 4.78 is 1.12. The molecule has 0 aromatic carbocycles. The first-order valence-electron chi connectivity index (χ1n) is 3.68. The summed E-state index contributed by atoms with van der Waals surface area (Å²) in [4.78, 5) is 15.4. The molecule has 1 N–H and O–H groups in total. The third-order valence-corrected chi connectivity index (χ3v) is 3.30. The first kappa shape index (κ1) is 7.70. The van der Waals surface area contributed by atoms with Gasteiger partial charge in [-0.2, -0.15) is 0 Å². The van der Waals surface area contributed by atoms with Crippen molar-refractivity contribution in [1.82, 2.24) is 19.9 Å². The number of imidazole rings is 1. The van der Waals surface area contributed by atoms with Crippen molar-refractivity contribution in [2.45, 2.75) is 12.2 Å². The van der Waals surface area contributed by atoms with Crippen LogP contribution in [0.4, 0.5) is 0 Å². The van der Waals surface area contributed by atoms with E-state index in [-0.39, 0.29) is 0 Å². The Morgan fingerprint density at radius 1 is 1.42 bits per heavy atom. The zero-order valence-corrected chi connectivity index (χ0v) is 8.32. The molecule has 0 saturated carbocycles. The second kappa shape index (κ2) is 3.21. The standard InChI is InChI=1S/C7H8N4Se/c1-2-12-7-5-6(9-3-8-5)10-4-11-7/h3-4H,2H2,1H3,(H,8,9,10,11). The van der Waals surface area contributed by atoms with Gasteiger partial charge in [-0.15, -0.1) is 0 Å². The molecule has 2 rings (SSSR count). The third-order valence-electron chi connectivity index (χ3n) is 1.47. The van der Waals surface area contributed by atoms with Crippen molar-refractivity contribution in [3.05, 3.63) is 12.7 Å². The molecule has 12 heavy (non-hydrogen) atoms. The van der Waals surface area contributed by atoms with Crippen LogP contribution in [0.2, 0.25) is 5.32 Å². The minimum atomic E-state index is 0.438. The molecular weight excluding hydrogens is 219 g/mol. The van der Waals surface area contributed by atoms with Crippen LogP contribution in [0, 0.1) is 0 Å². The van der Waals surface area contributed by atoms with Gasteiger partial charge in [-0.1, -0.05) is 0 Å². The van der Waals surface area contributed by atoms with Gasteiger partial charge in [0.25, 0.3) is 0 Å². The molecule has 0 unspecified atom stereocenters. The Hall–Kier alpha value is -0.931. The molecule has 0 aliphatic heterocycles. The van der Waals surface area contributed by atoms with Crippen LogP contribution in [0.25, 0.3) is 11.2 Å². The van der Waals surface area contributed by atoms with Gasteiger partial charge >= 0.3 is 75.5 Å². The molecule has 0 aliphatic rings. The molecule has 2 aromatic heterocycles. The summed E-state index contributed by atoms with van der Waals surface area (Å²) in [5.74, 6) is 0. The molecule has 0 amide bonds. The van der Waals surface area contributed by atoms with Crippen molar-refractivity contribution in [1.29, 1.82) is 0 Å². The summed E-state index contributed by atoms with van der Waals surface area (Å²) in [6, 6.07) is 0. The van der Waals surface area contributed by atoms with Crippen molar-refractivity contribution < 1.29 is 0 Å². The van der Waals surface area contributed by atoms with Gasteiger partial charge < -0.3 is 0 Å². The van der Waals surface area contributed by atoms with E-state index in [1.54, 1.807) is 12.7 Å². The fourth-order valence-electron chi connectivity index (χ4n) is 0.989. The molecule has 0 atom stereocenters. The maximum atomic E-state index is 4.21. The normalized spacial score (nSPS) is 10.8. The van der Waals surface area contributed by atoms with E-state index in [2.05, 4.69) is 26.9 Å². The molecule has 5 heteroatoms. The van der Waals surface area contributed by atoms with Gasteiger partial charge in [0.15, 0.2) is 0 Å². The van der Waals surface area contributed by atoms with E-state index in [0.29, 0.717) is 15.0 Å². The first-order chi connectivity index (χ1) is 5.92. The number of hydrogen-bond acceptors (Lipinski definition) is 3. The Bertz CT molecular complexity index is 384. The van der Waals surface area contributed by atoms with Crippen LogP contribution < -0.4 is 4.59 Å². The van der Waals surface area contributed by atoms with Crippen molar-refractivity contribution in [3.8, 4) is 0 Å². The monoisotopic (exact) mass is 228 g/mol. The summed E-state index contributed by atoms with van der Waals surface area (Å²) in [6.45, 7) is 2.16. The van der Waals surface area contributed by atoms with Crippen LogP contribution in [0.3, 0.4) is 0 Å². The Labute approximate surface area is 76.0 Å². The van der Waals surface area contributed by atoms with Crippen molar-refractivity contribution in [2.75, 3.05) is 0 Å². The molecule has 0 bridgehead atoms. The second-order valence-corrected chi connectivity index (χ2v) is 4.84. The number of nitrogens with zero attached hydrogens (tertiary/aromatic N) is 3. The molecule has 62 valence electrons. The number of aromatic nitrogens is 4. The van der Waals surface area contributed by atoms with Crippen LogP contribution in [-0.2, 0) is 0 Å². The van der Waals surface area contributed by atoms with Crippen molar-refractivity contribution >= 4 is 30.7 Å². The number of H-pyrrole nitrogens is 1. The average Bonchev–Trinajstić information content (AvgIpc) is 2.53. The fourth-order valence-corrected chi connectivity index (χ4v) is 2.44. The molecule has 0 spiro atoms. The van der Waals surface area contributed by atoms with E-state index in [1.807, 2.05) is 0 Å². The maximum absolute atomic E-state index is 4.21. The Balaban J connectivity index is 2.57. The van der Waals surface area contributed by atoms with Gasteiger partial charge in [0.1, 0.15) is 0 Å². The van der Waals surface area contributed by atoms with Gasteiger partial charge in [0, 0.05) is 0 Å². The van der Waals surface area contributed by atoms with Gasteiger partial charge in [-0.05, 0) is 0 Å². The van der Waals surface area contributed by atoms with Gasteiger partial charge in [0.05, 0.1) is 0 Å². The van der Waals surface area contributed by atoms with Crippen LogP contribution in [-0.4, -0.2) is 34.9 Å². The van der Waals surface area contributed by atoms with E-state index < -0.39 is 0 Å². The Morgan fingerprint density at radius 2 is 2.33 bits per heavy atom. The predicted molar refractivity (Wildman–Crippen MR) is 47.6 cm³/mol. The summed E-state index contributed by atoms with van der Waals surface area (Å²) in [6.07, 6.45) is 3.24. The molecule has 4 nitrogen and oxygen atoms in total. The van der Waals surface area contributed by atoms with E-state index in [4.69, 9.17) is 0 Å². The number of nitrogens with one attached hydrogen (secondary N) is 1. The minimum absolute atomic E-state index is 0.438. The zero-order valence-electron chi connectivity index (χ0n) is 6.61. The van der Waals surface area contributed by atoms with E-state index >= 15 is 0 Å². The van der Waals surface area contributed by atoms with Crippen LogP contribution in [0.5, 0.6) is 0 Å².